The Hall–Kier alpha value is -5.70. The third-order valence-electron chi connectivity index (χ3n) is 9.03. The summed E-state index contributed by atoms with van der Waals surface area (Å²) < 4.78 is 2.65. The summed E-state index contributed by atoms with van der Waals surface area (Å²) in [5.41, 5.74) is 8.38. The first kappa shape index (κ1) is 26.7. The predicted molar refractivity (Wildman–Crippen MR) is 200 cm³/mol. The fraction of sp³-hybridized carbons (Fsp3) is 0. The number of rotatable bonds is 5. The van der Waals surface area contributed by atoms with Gasteiger partial charge in [0.15, 0.2) is 0 Å². The molecule has 0 atom stereocenters. The van der Waals surface area contributed by atoms with Gasteiger partial charge in [0.25, 0.3) is 0 Å². The quantitative estimate of drug-likeness (QED) is 0.189. The smallest absolute Gasteiger partial charge is 0.0547 e. The molecule has 0 amide bonds. The molecule has 1 heterocycles. The van der Waals surface area contributed by atoms with Gasteiger partial charge < -0.3 is 4.90 Å². The van der Waals surface area contributed by atoms with Gasteiger partial charge in [0.1, 0.15) is 0 Å². The van der Waals surface area contributed by atoms with Crippen molar-refractivity contribution < 1.29 is 0 Å². The van der Waals surface area contributed by atoms with Gasteiger partial charge in [-0.1, -0.05) is 152 Å². The third-order valence-corrected chi connectivity index (χ3v) is 10.3. The lowest BCUT2D eigenvalue weighted by Gasteiger charge is -2.29. The zero-order valence-electron chi connectivity index (χ0n) is 25.1. The molecule has 9 aromatic rings. The van der Waals surface area contributed by atoms with Crippen LogP contribution in [0.1, 0.15) is 0 Å². The maximum absolute atomic E-state index is 2.47. The van der Waals surface area contributed by atoms with Crippen LogP contribution in [0, 0.1) is 0 Å². The van der Waals surface area contributed by atoms with E-state index < -0.39 is 0 Å². The van der Waals surface area contributed by atoms with Crippen LogP contribution in [-0.4, -0.2) is 0 Å². The molecule has 0 spiro atoms. The molecule has 8 aromatic carbocycles. The molecular weight excluding hydrogens is 575 g/mol. The van der Waals surface area contributed by atoms with E-state index in [1.165, 1.54) is 69.7 Å². The van der Waals surface area contributed by atoms with Crippen LogP contribution in [0.5, 0.6) is 0 Å². The molecule has 216 valence electrons. The number of hydrogen-bond donors (Lipinski definition) is 0. The maximum atomic E-state index is 2.47. The van der Waals surface area contributed by atoms with Gasteiger partial charge in [0.2, 0.25) is 0 Å². The average Bonchev–Trinajstić information content (AvgIpc) is 3.52. The Morgan fingerprint density at radius 3 is 1.74 bits per heavy atom. The van der Waals surface area contributed by atoms with E-state index in [0.717, 1.165) is 11.4 Å². The third kappa shape index (κ3) is 4.38. The summed E-state index contributed by atoms with van der Waals surface area (Å²) in [6.07, 6.45) is 0. The van der Waals surface area contributed by atoms with E-state index >= 15 is 0 Å². The minimum atomic E-state index is 1.14. The summed E-state index contributed by atoms with van der Waals surface area (Å²) in [6.45, 7) is 0. The van der Waals surface area contributed by atoms with Crippen molar-refractivity contribution in [2.24, 2.45) is 0 Å². The van der Waals surface area contributed by atoms with Gasteiger partial charge in [-0.15, -0.1) is 11.3 Å². The number of anilines is 3. The topological polar surface area (TPSA) is 3.24 Å². The molecule has 9 rings (SSSR count). The highest BCUT2D eigenvalue weighted by Crippen LogP contribution is 2.49. The molecule has 2 heteroatoms. The Labute approximate surface area is 272 Å². The number of fused-ring (bicyclic) bond motifs is 6. The minimum absolute atomic E-state index is 1.14. The Morgan fingerprint density at radius 1 is 0.348 bits per heavy atom. The molecule has 46 heavy (non-hydrogen) atoms. The summed E-state index contributed by atoms with van der Waals surface area (Å²) in [5, 5.41) is 7.55. The highest BCUT2D eigenvalue weighted by Gasteiger charge is 2.22. The normalized spacial score (nSPS) is 11.5. The van der Waals surface area contributed by atoms with Crippen LogP contribution in [0.15, 0.2) is 176 Å². The SMILES string of the molecule is c1ccc(-c2ccccc2N(c2ccc3ccccc3c2)c2cc3c4cccc(-c5ccccc5)c4sc3c3ccccc23)cc1. The molecule has 0 unspecified atom stereocenters. The second kappa shape index (κ2) is 11.0. The molecule has 0 N–H and O–H groups in total. The number of benzene rings is 8. The predicted octanol–water partition coefficient (Wildman–Crippen LogP) is 13.2. The van der Waals surface area contributed by atoms with Crippen LogP contribution in [-0.2, 0) is 0 Å². The lowest BCUT2D eigenvalue weighted by atomic mass is 9.98. The highest BCUT2D eigenvalue weighted by molar-refractivity contribution is 7.27. The molecule has 0 aliphatic rings. The zero-order valence-corrected chi connectivity index (χ0v) is 25.9. The molecule has 1 nitrogen and oxygen atoms in total. The lowest BCUT2D eigenvalue weighted by Crippen LogP contribution is -2.12. The fourth-order valence-electron chi connectivity index (χ4n) is 6.88. The first-order valence-electron chi connectivity index (χ1n) is 15.7. The lowest BCUT2D eigenvalue weighted by molar-refractivity contribution is 1.31. The van der Waals surface area contributed by atoms with E-state index in [4.69, 9.17) is 0 Å². The first-order chi connectivity index (χ1) is 22.8. The van der Waals surface area contributed by atoms with Gasteiger partial charge in [-0.05, 0) is 51.7 Å². The van der Waals surface area contributed by atoms with Crippen LogP contribution >= 0.6 is 11.3 Å². The highest BCUT2D eigenvalue weighted by atomic mass is 32.1. The standard InChI is InChI=1S/C44H29NS/c1-3-15-31(16-4-1)35-20-11-12-25-41(35)45(34-27-26-30-14-7-8-19-33(30)28-34)42-29-40-39-24-13-23-36(32-17-5-2-6-18-32)43(39)46-44(40)38-22-10-9-21-37(38)42/h1-29H. The summed E-state index contributed by atoms with van der Waals surface area (Å²) >= 11 is 1.91. The van der Waals surface area contributed by atoms with Crippen molar-refractivity contribution in [1.29, 1.82) is 0 Å². The van der Waals surface area contributed by atoms with E-state index in [1.54, 1.807) is 0 Å². The van der Waals surface area contributed by atoms with Crippen LogP contribution in [0.25, 0.3) is 64.0 Å². The Kier molecular flexibility index (Phi) is 6.40. The Morgan fingerprint density at radius 2 is 0.935 bits per heavy atom. The molecule has 1 aromatic heterocycles. The largest absolute Gasteiger partial charge is 0.309 e. The van der Waals surface area contributed by atoms with E-state index in [-0.39, 0.29) is 0 Å². The summed E-state index contributed by atoms with van der Waals surface area (Å²) in [6, 6.07) is 63.9. The zero-order chi connectivity index (χ0) is 30.5. The molecular formula is C44H29NS. The first-order valence-corrected chi connectivity index (χ1v) is 16.5. The van der Waals surface area contributed by atoms with Crippen LogP contribution < -0.4 is 4.90 Å². The summed E-state index contributed by atoms with van der Waals surface area (Å²) in [5.74, 6) is 0. The van der Waals surface area contributed by atoms with Gasteiger partial charge >= 0.3 is 0 Å². The van der Waals surface area contributed by atoms with Crippen molar-refractivity contribution in [3.8, 4) is 22.3 Å². The second-order valence-electron chi connectivity index (χ2n) is 11.7. The van der Waals surface area contributed by atoms with Gasteiger partial charge in [0, 0.05) is 42.2 Å². The van der Waals surface area contributed by atoms with Gasteiger partial charge in [-0.2, -0.15) is 0 Å². The van der Waals surface area contributed by atoms with Crippen molar-refractivity contribution in [3.05, 3.63) is 176 Å². The Balaban J connectivity index is 1.38. The Bertz CT molecular complexity index is 2530. The van der Waals surface area contributed by atoms with Crippen molar-refractivity contribution in [2.75, 3.05) is 4.90 Å². The van der Waals surface area contributed by atoms with Gasteiger partial charge in [-0.25, -0.2) is 0 Å². The summed E-state index contributed by atoms with van der Waals surface area (Å²) in [4.78, 5) is 2.47. The van der Waals surface area contributed by atoms with Crippen LogP contribution in [0.4, 0.5) is 17.1 Å². The van der Waals surface area contributed by atoms with Crippen molar-refractivity contribution in [3.63, 3.8) is 0 Å². The number of para-hydroxylation sites is 1. The van der Waals surface area contributed by atoms with E-state index in [9.17, 15) is 0 Å². The van der Waals surface area contributed by atoms with Gasteiger partial charge in [0.05, 0.1) is 11.4 Å². The van der Waals surface area contributed by atoms with E-state index in [1.807, 2.05) is 11.3 Å². The van der Waals surface area contributed by atoms with Crippen molar-refractivity contribution in [1.82, 2.24) is 0 Å². The van der Waals surface area contributed by atoms with Crippen molar-refractivity contribution in [2.45, 2.75) is 0 Å². The van der Waals surface area contributed by atoms with Crippen LogP contribution in [0.2, 0.25) is 0 Å². The molecule has 0 aliphatic carbocycles. The van der Waals surface area contributed by atoms with Crippen molar-refractivity contribution >= 4 is 70.1 Å². The minimum Gasteiger partial charge on any atom is -0.309 e. The van der Waals surface area contributed by atoms with Gasteiger partial charge in [-0.3, -0.25) is 0 Å². The molecule has 0 fully saturated rings. The average molecular weight is 604 g/mol. The molecule has 0 aliphatic heterocycles. The maximum Gasteiger partial charge on any atom is 0.0547 e. The fourth-order valence-corrected chi connectivity index (χ4v) is 8.24. The second-order valence-corrected chi connectivity index (χ2v) is 12.7. The van der Waals surface area contributed by atoms with Crippen LogP contribution in [0.3, 0.4) is 0 Å². The number of hydrogen-bond acceptors (Lipinski definition) is 2. The molecule has 0 bridgehead atoms. The molecule has 0 saturated carbocycles. The number of thiophene rings is 1. The van der Waals surface area contributed by atoms with E-state index in [0.29, 0.717) is 0 Å². The molecule has 0 saturated heterocycles. The molecule has 0 radical (unpaired) electrons. The number of nitrogens with zero attached hydrogens (tertiary/aromatic N) is 1. The summed E-state index contributed by atoms with van der Waals surface area (Å²) in [7, 11) is 0. The monoisotopic (exact) mass is 603 g/mol. The van der Waals surface area contributed by atoms with E-state index in [2.05, 4.69) is 181 Å².